The van der Waals surface area contributed by atoms with E-state index in [1.807, 2.05) is 12.1 Å². The Morgan fingerprint density at radius 1 is 0.955 bits per heavy atom. The van der Waals surface area contributed by atoms with E-state index in [4.69, 9.17) is 0 Å². The summed E-state index contributed by atoms with van der Waals surface area (Å²) in [5, 5.41) is 9.69. The number of benzene rings is 2. The predicted molar refractivity (Wildman–Crippen MR) is 88.9 cm³/mol. The second kappa shape index (κ2) is 5.77. The van der Waals surface area contributed by atoms with E-state index in [0.29, 0.717) is 11.8 Å². The highest BCUT2D eigenvalue weighted by Gasteiger charge is 2.31. The highest BCUT2D eigenvalue weighted by atomic mass is 16.3. The predicted octanol–water partition coefficient (Wildman–Crippen LogP) is 3.77. The smallest absolute Gasteiger partial charge is 0.115 e. The number of piperidine rings is 1. The van der Waals surface area contributed by atoms with Gasteiger partial charge in [-0.05, 0) is 60.4 Å². The SMILES string of the molecule is Oc1cccc(CN2C[C@H]3CC[C@@H]2Cc2ccccc2C3)c1. The van der Waals surface area contributed by atoms with Crippen molar-refractivity contribution in [1.82, 2.24) is 4.90 Å². The van der Waals surface area contributed by atoms with Crippen LogP contribution in [0.25, 0.3) is 0 Å². The zero-order chi connectivity index (χ0) is 14.9. The standard InChI is InChI=1S/C20H23NO/c22-20-7-3-4-15(11-20)13-21-14-16-8-9-19(21)12-18-6-2-1-5-17(18)10-16/h1-7,11,16,19,22H,8-10,12-14H2/t16-,19+/m0/s1. The quantitative estimate of drug-likeness (QED) is 0.911. The van der Waals surface area contributed by atoms with Crippen LogP contribution in [-0.4, -0.2) is 22.6 Å². The fourth-order valence-electron chi connectivity index (χ4n) is 4.18. The number of rotatable bonds is 2. The lowest BCUT2D eigenvalue weighted by Gasteiger charge is -2.42. The molecular formula is C20H23NO. The molecule has 1 saturated heterocycles. The molecule has 0 unspecified atom stereocenters. The van der Waals surface area contributed by atoms with Crippen molar-refractivity contribution >= 4 is 0 Å². The zero-order valence-corrected chi connectivity index (χ0v) is 12.9. The van der Waals surface area contributed by atoms with E-state index in [1.54, 1.807) is 11.6 Å². The van der Waals surface area contributed by atoms with Gasteiger partial charge in [0.25, 0.3) is 0 Å². The van der Waals surface area contributed by atoms with Crippen molar-refractivity contribution < 1.29 is 5.11 Å². The lowest BCUT2D eigenvalue weighted by atomic mass is 9.80. The summed E-state index contributed by atoms with van der Waals surface area (Å²) in [7, 11) is 0. The first-order valence-electron chi connectivity index (χ1n) is 8.36. The van der Waals surface area contributed by atoms with Crippen LogP contribution in [0, 0.1) is 5.92 Å². The molecule has 2 aliphatic heterocycles. The van der Waals surface area contributed by atoms with Crippen molar-refractivity contribution in [3.8, 4) is 5.75 Å². The van der Waals surface area contributed by atoms with Gasteiger partial charge in [0.15, 0.2) is 0 Å². The molecule has 5 rings (SSSR count). The lowest BCUT2D eigenvalue weighted by molar-refractivity contribution is 0.0937. The third-order valence-corrected chi connectivity index (χ3v) is 5.30. The molecule has 2 heteroatoms. The molecule has 3 aliphatic rings. The molecule has 22 heavy (non-hydrogen) atoms. The first-order valence-corrected chi connectivity index (χ1v) is 8.36. The van der Waals surface area contributed by atoms with Gasteiger partial charge in [-0.1, -0.05) is 36.4 Å². The molecule has 0 spiro atoms. The summed E-state index contributed by atoms with van der Waals surface area (Å²) in [5.74, 6) is 1.15. The molecule has 2 heterocycles. The fraction of sp³-hybridized carbons (Fsp3) is 0.400. The third kappa shape index (κ3) is 2.76. The van der Waals surface area contributed by atoms with Gasteiger partial charge in [0.2, 0.25) is 0 Å². The van der Waals surface area contributed by atoms with E-state index in [2.05, 4.69) is 35.2 Å². The molecule has 2 atom stereocenters. The first kappa shape index (κ1) is 13.8. The van der Waals surface area contributed by atoms with Crippen LogP contribution in [0.4, 0.5) is 0 Å². The van der Waals surface area contributed by atoms with E-state index in [9.17, 15) is 5.11 Å². The summed E-state index contributed by atoms with van der Waals surface area (Å²) < 4.78 is 0. The Morgan fingerprint density at radius 3 is 2.59 bits per heavy atom. The molecule has 1 fully saturated rings. The molecule has 2 bridgehead atoms. The summed E-state index contributed by atoms with van der Waals surface area (Å²) in [5.41, 5.74) is 4.33. The lowest BCUT2D eigenvalue weighted by Crippen LogP contribution is -2.46. The topological polar surface area (TPSA) is 23.5 Å². The molecule has 2 nitrogen and oxygen atoms in total. The van der Waals surface area contributed by atoms with E-state index >= 15 is 0 Å². The molecule has 0 radical (unpaired) electrons. The van der Waals surface area contributed by atoms with Crippen LogP contribution >= 0.6 is 0 Å². The van der Waals surface area contributed by atoms with E-state index < -0.39 is 0 Å². The molecule has 114 valence electrons. The second-order valence-electron chi connectivity index (χ2n) is 6.87. The van der Waals surface area contributed by atoms with Gasteiger partial charge in [-0.3, -0.25) is 4.90 Å². The summed E-state index contributed by atoms with van der Waals surface area (Å²) in [6, 6.07) is 17.3. The fourth-order valence-corrected chi connectivity index (χ4v) is 4.18. The number of fused-ring (bicyclic) bond motifs is 2. The average molecular weight is 293 g/mol. The highest BCUT2D eigenvalue weighted by Crippen LogP contribution is 2.33. The van der Waals surface area contributed by atoms with Crippen molar-refractivity contribution in [2.45, 2.75) is 38.3 Å². The molecular weight excluding hydrogens is 270 g/mol. The minimum absolute atomic E-state index is 0.375. The first-order chi connectivity index (χ1) is 10.8. The minimum Gasteiger partial charge on any atom is -0.508 e. The monoisotopic (exact) mass is 293 g/mol. The Hall–Kier alpha value is -1.80. The molecule has 0 amide bonds. The Labute approximate surface area is 132 Å². The number of aromatic hydroxyl groups is 1. The van der Waals surface area contributed by atoms with Gasteiger partial charge in [0.05, 0.1) is 0 Å². The maximum Gasteiger partial charge on any atom is 0.115 e. The van der Waals surface area contributed by atoms with Gasteiger partial charge in [0, 0.05) is 19.1 Å². The Bertz CT molecular complexity index is 666. The maximum absolute atomic E-state index is 9.69. The number of hydrogen-bond donors (Lipinski definition) is 1. The van der Waals surface area contributed by atoms with E-state index in [-0.39, 0.29) is 0 Å². The third-order valence-electron chi connectivity index (χ3n) is 5.30. The van der Waals surface area contributed by atoms with E-state index in [0.717, 1.165) is 12.5 Å². The summed E-state index contributed by atoms with van der Waals surface area (Å²) in [4.78, 5) is 2.64. The van der Waals surface area contributed by atoms with Crippen molar-refractivity contribution in [3.05, 3.63) is 65.2 Å². The molecule has 0 aromatic heterocycles. The van der Waals surface area contributed by atoms with Gasteiger partial charge in [-0.25, -0.2) is 0 Å². The maximum atomic E-state index is 9.69. The number of nitrogens with zero attached hydrogens (tertiary/aromatic N) is 1. The van der Waals surface area contributed by atoms with Crippen molar-refractivity contribution in [2.24, 2.45) is 5.92 Å². The van der Waals surface area contributed by atoms with Gasteiger partial charge in [0.1, 0.15) is 5.75 Å². The Morgan fingerprint density at radius 2 is 1.77 bits per heavy atom. The molecule has 2 aromatic carbocycles. The van der Waals surface area contributed by atoms with Crippen LogP contribution in [0.2, 0.25) is 0 Å². The van der Waals surface area contributed by atoms with Crippen LogP contribution in [0.1, 0.15) is 29.5 Å². The minimum atomic E-state index is 0.375. The van der Waals surface area contributed by atoms with E-state index in [1.165, 1.54) is 43.4 Å². The molecule has 1 aliphatic carbocycles. The molecule has 0 saturated carbocycles. The van der Waals surface area contributed by atoms with Crippen molar-refractivity contribution in [2.75, 3.05) is 6.54 Å². The molecule has 1 N–H and O–H groups in total. The normalized spacial score (nSPS) is 24.5. The van der Waals surface area contributed by atoms with Gasteiger partial charge in [-0.15, -0.1) is 0 Å². The van der Waals surface area contributed by atoms with Gasteiger partial charge >= 0.3 is 0 Å². The van der Waals surface area contributed by atoms with Crippen molar-refractivity contribution in [3.63, 3.8) is 0 Å². The Kier molecular flexibility index (Phi) is 3.63. The van der Waals surface area contributed by atoms with Crippen LogP contribution in [-0.2, 0) is 19.4 Å². The Balaban J connectivity index is 1.58. The summed E-state index contributed by atoms with van der Waals surface area (Å²) >= 11 is 0. The van der Waals surface area contributed by atoms with Gasteiger partial charge in [-0.2, -0.15) is 0 Å². The van der Waals surface area contributed by atoms with Crippen LogP contribution in [0.3, 0.4) is 0 Å². The zero-order valence-electron chi connectivity index (χ0n) is 12.9. The highest BCUT2D eigenvalue weighted by molar-refractivity contribution is 5.30. The number of phenols is 1. The molecule has 2 aromatic rings. The van der Waals surface area contributed by atoms with Crippen LogP contribution in [0.15, 0.2) is 48.5 Å². The average Bonchev–Trinajstić information content (AvgIpc) is 2.48. The van der Waals surface area contributed by atoms with Gasteiger partial charge < -0.3 is 5.11 Å². The van der Waals surface area contributed by atoms with Crippen LogP contribution < -0.4 is 0 Å². The second-order valence-corrected chi connectivity index (χ2v) is 6.87. The summed E-state index contributed by atoms with van der Waals surface area (Å²) in [6.07, 6.45) is 5.05. The summed E-state index contributed by atoms with van der Waals surface area (Å²) in [6.45, 7) is 2.15. The number of phenolic OH excluding ortho intramolecular Hbond substituents is 1. The largest absolute Gasteiger partial charge is 0.508 e. The van der Waals surface area contributed by atoms with Crippen LogP contribution in [0.5, 0.6) is 5.75 Å². The van der Waals surface area contributed by atoms with Crippen molar-refractivity contribution in [1.29, 1.82) is 0 Å². The number of hydrogen-bond acceptors (Lipinski definition) is 2.